The van der Waals surface area contributed by atoms with E-state index in [-0.39, 0.29) is 5.56 Å². The average Bonchev–Trinajstić information content (AvgIpc) is 3.16. The summed E-state index contributed by atoms with van der Waals surface area (Å²) in [6.45, 7) is 3.05. The topological polar surface area (TPSA) is 65.5 Å². The lowest BCUT2D eigenvalue weighted by molar-refractivity contribution is 0.0696. The molecule has 0 aromatic carbocycles. The summed E-state index contributed by atoms with van der Waals surface area (Å²) >= 11 is 0. The van der Waals surface area contributed by atoms with Crippen LogP contribution >= 0.6 is 0 Å². The molecule has 1 saturated carbocycles. The highest BCUT2D eigenvalue weighted by molar-refractivity contribution is 5.87. The molecule has 2 N–H and O–H groups in total. The van der Waals surface area contributed by atoms with Gasteiger partial charge < -0.3 is 10.4 Å². The van der Waals surface area contributed by atoms with Crippen LogP contribution in [0.4, 0.5) is 0 Å². The van der Waals surface area contributed by atoms with Gasteiger partial charge in [0.05, 0.1) is 11.3 Å². The zero-order valence-corrected chi connectivity index (χ0v) is 10.9. The van der Waals surface area contributed by atoms with Crippen LogP contribution in [0.25, 0.3) is 0 Å². The van der Waals surface area contributed by atoms with Crippen LogP contribution < -0.4 is 5.32 Å². The maximum absolute atomic E-state index is 10.7. The molecule has 0 spiro atoms. The van der Waals surface area contributed by atoms with Crippen LogP contribution in [-0.4, -0.2) is 46.1 Å². The summed E-state index contributed by atoms with van der Waals surface area (Å²) in [5, 5.41) is 12.3. The Morgan fingerprint density at radius 3 is 2.89 bits per heavy atom. The van der Waals surface area contributed by atoms with E-state index < -0.39 is 5.97 Å². The summed E-state index contributed by atoms with van der Waals surface area (Å²) in [5.41, 5.74) is 1.14. The van der Waals surface area contributed by atoms with E-state index in [2.05, 4.69) is 15.2 Å². The predicted molar refractivity (Wildman–Crippen MR) is 71.0 cm³/mol. The van der Waals surface area contributed by atoms with Gasteiger partial charge in [-0.2, -0.15) is 0 Å². The highest BCUT2D eigenvalue weighted by Crippen LogP contribution is 2.29. The van der Waals surface area contributed by atoms with Crippen LogP contribution in [0.2, 0.25) is 0 Å². The number of aromatic nitrogens is 1. The molecular weight excluding hydrogens is 242 g/mol. The summed E-state index contributed by atoms with van der Waals surface area (Å²) < 4.78 is 0. The molecule has 2 aliphatic rings. The van der Waals surface area contributed by atoms with Crippen molar-refractivity contribution in [1.29, 1.82) is 0 Å². The quantitative estimate of drug-likeness (QED) is 0.831. The number of carbonyl (C=O) groups is 1. The van der Waals surface area contributed by atoms with Gasteiger partial charge in [-0.05, 0) is 31.4 Å². The molecule has 1 aromatic heterocycles. The second-order valence-corrected chi connectivity index (χ2v) is 5.44. The van der Waals surface area contributed by atoms with E-state index in [1.54, 1.807) is 12.1 Å². The van der Waals surface area contributed by atoms with Crippen molar-refractivity contribution in [2.75, 3.05) is 13.1 Å². The first-order chi connectivity index (χ1) is 9.22. The number of carboxylic acids is 1. The second kappa shape index (κ2) is 5.27. The van der Waals surface area contributed by atoms with Gasteiger partial charge in [0.1, 0.15) is 0 Å². The fourth-order valence-corrected chi connectivity index (χ4v) is 2.63. The van der Waals surface area contributed by atoms with Crippen molar-refractivity contribution >= 4 is 5.97 Å². The standard InChI is InChI=1S/C14H19N3O2/c18-14(19)10-1-2-11(15-7-10)8-16-12-5-6-17(9-12)13-3-4-13/h1-2,7,12-13,16H,3-6,8-9H2,(H,18,19). The average molecular weight is 261 g/mol. The Labute approximate surface area is 112 Å². The molecule has 2 fully saturated rings. The van der Waals surface area contributed by atoms with Crippen LogP contribution in [-0.2, 0) is 6.54 Å². The number of pyridine rings is 1. The Morgan fingerprint density at radius 2 is 2.26 bits per heavy atom. The van der Waals surface area contributed by atoms with Gasteiger partial charge in [-0.1, -0.05) is 0 Å². The Hall–Kier alpha value is -1.46. The molecule has 0 amide bonds. The van der Waals surface area contributed by atoms with Gasteiger partial charge in [-0.25, -0.2) is 4.79 Å². The highest BCUT2D eigenvalue weighted by Gasteiger charge is 2.33. The molecule has 102 valence electrons. The van der Waals surface area contributed by atoms with Crippen LogP contribution in [0.3, 0.4) is 0 Å². The molecule has 1 saturated heterocycles. The molecule has 1 aliphatic heterocycles. The Kier molecular flexibility index (Phi) is 3.48. The Bertz CT molecular complexity index is 456. The Balaban J connectivity index is 1.48. The number of rotatable bonds is 5. The molecule has 1 aromatic rings. The molecular formula is C14H19N3O2. The third-order valence-corrected chi connectivity index (χ3v) is 3.93. The van der Waals surface area contributed by atoms with Gasteiger partial charge in [-0.15, -0.1) is 0 Å². The normalized spacial score (nSPS) is 23.7. The van der Waals surface area contributed by atoms with Crippen molar-refractivity contribution in [1.82, 2.24) is 15.2 Å². The first-order valence-corrected chi connectivity index (χ1v) is 6.88. The van der Waals surface area contributed by atoms with Gasteiger partial charge in [-0.3, -0.25) is 9.88 Å². The number of hydrogen-bond donors (Lipinski definition) is 2. The maximum atomic E-state index is 10.7. The van der Waals surface area contributed by atoms with E-state index in [1.807, 2.05) is 0 Å². The number of nitrogens with one attached hydrogen (secondary N) is 1. The van der Waals surface area contributed by atoms with E-state index in [0.717, 1.165) is 18.3 Å². The van der Waals surface area contributed by atoms with Crippen LogP contribution in [0, 0.1) is 0 Å². The van der Waals surface area contributed by atoms with Gasteiger partial charge in [0.2, 0.25) is 0 Å². The summed E-state index contributed by atoms with van der Waals surface area (Å²) in [6.07, 6.45) is 5.35. The minimum atomic E-state index is -0.928. The van der Waals surface area contributed by atoms with Gasteiger partial charge in [0, 0.05) is 37.9 Å². The number of likely N-dealkylation sites (tertiary alicyclic amines) is 1. The lowest BCUT2D eigenvalue weighted by Gasteiger charge is -2.15. The number of carboxylic acid groups (broad SMARTS) is 1. The Morgan fingerprint density at radius 1 is 1.42 bits per heavy atom. The van der Waals surface area contributed by atoms with Crippen LogP contribution in [0.5, 0.6) is 0 Å². The zero-order chi connectivity index (χ0) is 13.2. The van der Waals surface area contributed by atoms with E-state index in [4.69, 9.17) is 5.11 Å². The molecule has 0 radical (unpaired) electrons. The lowest BCUT2D eigenvalue weighted by Crippen LogP contribution is -2.33. The second-order valence-electron chi connectivity index (χ2n) is 5.44. The lowest BCUT2D eigenvalue weighted by atomic mass is 10.2. The monoisotopic (exact) mass is 261 g/mol. The fourth-order valence-electron chi connectivity index (χ4n) is 2.63. The molecule has 3 rings (SSSR count). The number of nitrogens with zero attached hydrogens (tertiary/aromatic N) is 2. The minimum Gasteiger partial charge on any atom is -0.478 e. The van der Waals surface area contributed by atoms with Gasteiger partial charge in [0.25, 0.3) is 0 Å². The first kappa shape index (κ1) is 12.6. The van der Waals surface area contributed by atoms with Crippen LogP contribution in [0.1, 0.15) is 35.3 Å². The van der Waals surface area contributed by atoms with Gasteiger partial charge in [0.15, 0.2) is 0 Å². The molecule has 5 nitrogen and oxygen atoms in total. The van der Waals surface area contributed by atoms with Crippen LogP contribution in [0.15, 0.2) is 18.3 Å². The third-order valence-electron chi connectivity index (χ3n) is 3.93. The predicted octanol–water partition coefficient (Wildman–Crippen LogP) is 1.11. The van der Waals surface area contributed by atoms with Crippen molar-refractivity contribution in [3.8, 4) is 0 Å². The molecule has 1 unspecified atom stereocenters. The third kappa shape index (κ3) is 3.11. The van der Waals surface area contributed by atoms with Crippen molar-refractivity contribution in [3.63, 3.8) is 0 Å². The minimum absolute atomic E-state index is 0.240. The van der Waals surface area contributed by atoms with Crippen molar-refractivity contribution in [3.05, 3.63) is 29.6 Å². The maximum Gasteiger partial charge on any atom is 0.337 e. The van der Waals surface area contributed by atoms with Crippen molar-refractivity contribution in [2.45, 2.75) is 37.9 Å². The smallest absolute Gasteiger partial charge is 0.337 e. The largest absolute Gasteiger partial charge is 0.478 e. The summed E-state index contributed by atoms with van der Waals surface area (Å²) in [6, 6.07) is 4.78. The van der Waals surface area contributed by atoms with E-state index in [1.165, 1.54) is 32.0 Å². The summed E-state index contributed by atoms with van der Waals surface area (Å²) in [7, 11) is 0. The molecule has 0 bridgehead atoms. The summed E-state index contributed by atoms with van der Waals surface area (Å²) in [5.74, 6) is -0.928. The molecule has 19 heavy (non-hydrogen) atoms. The SMILES string of the molecule is O=C(O)c1ccc(CNC2CCN(C3CC3)C2)nc1. The van der Waals surface area contributed by atoms with E-state index >= 15 is 0 Å². The number of aromatic carboxylic acids is 1. The molecule has 2 heterocycles. The number of hydrogen-bond acceptors (Lipinski definition) is 4. The zero-order valence-electron chi connectivity index (χ0n) is 10.9. The van der Waals surface area contributed by atoms with Crippen molar-refractivity contribution < 1.29 is 9.90 Å². The van der Waals surface area contributed by atoms with E-state index in [9.17, 15) is 4.79 Å². The summed E-state index contributed by atoms with van der Waals surface area (Å²) in [4.78, 5) is 17.5. The molecule has 1 atom stereocenters. The molecule has 1 aliphatic carbocycles. The van der Waals surface area contributed by atoms with E-state index in [0.29, 0.717) is 12.6 Å². The van der Waals surface area contributed by atoms with Gasteiger partial charge >= 0.3 is 5.97 Å². The van der Waals surface area contributed by atoms with Crippen molar-refractivity contribution in [2.24, 2.45) is 0 Å². The highest BCUT2D eigenvalue weighted by atomic mass is 16.4. The fraction of sp³-hybridized carbons (Fsp3) is 0.571. The molecule has 5 heteroatoms. The first-order valence-electron chi connectivity index (χ1n) is 6.88.